The van der Waals surface area contributed by atoms with Gasteiger partial charge in [0.05, 0.1) is 31.0 Å². The molecule has 150 valence electrons. The minimum atomic E-state index is -3.76. The number of benzene rings is 2. The summed E-state index contributed by atoms with van der Waals surface area (Å²) in [7, 11) is -0.766. The van der Waals surface area contributed by atoms with E-state index >= 15 is 0 Å². The number of amides is 1. The first kappa shape index (κ1) is 20.2. The molecule has 0 spiro atoms. The molecule has 1 heterocycles. The largest absolute Gasteiger partial charge is 0.493 e. The number of rotatable bonds is 7. The van der Waals surface area contributed by atoms with Crippen molar-refractivity contribution >= 4 is 27.3 Å². The fourth-order valence-electron chi connectivity index (χ4n) is 2.54. The average molecular weight is 413 g/mol. The van der Waals surface area contributed by atoms with Gasteiger partial charge in [-0.2, -0.15) is 0 Å². The lowest BCUT2D eigenvalue weighted by atomic mass is 10.2. The van der Waals surface area contributed by atoms with E-state index in [2.05, 4.69) is 15.0 Å². The molecule has 3 rings (SSSR count). The number of pyridine rings is 1. The highest BCUT2D eigenvalue weighted by atomic mass is 32.2. The van der Waals surface area contributed by atoms with Crippen LogP contribution in [-0.4, -0.2) is 33.5 Å². The molecule has 0 radical (unpaired) electrons. The number of hydrogen-bond donors (Lipinski definition) is 2. The fraction of sp³-hybridized carbons (Fsp3) is 0.100. The number of hydrogen-bond acceptors (Lipinski definition) is 6. The second-order valence-electron chi connectivity index (χ2n) is 5.90. The van der Waals surface area contributed by atoms with Gasteiger partial charge in [0.1, 0.15) is 0 Å². The van der Waals surface area contributed by atoms with Crippen LogP contribution >= 0.6 is 0 Å². The van der Waals surface area contributed by atoms with Crippen LogP contribution in [0.4, 0.5) is 11.4 Å². The molecule has 3 aromatic rings. The summed E-state index contributed by atoms with van der Waals surface area (Å²) >= 11 is 0. The first-order valence-electron chi connectivity index (χ1n) is 8.49. The standard InChI is InChI=1S/C20H19N3O5S/c1-27-18-10-5-14(12-19(18)28-2)20(24)22-15-6-8-17(9-7-15)29(25,26)23-16-4-3-11-21-13-16/h3-13,23H,1-2H3,(H,22,24). The van der Waals surface area contributed by atoms with E-state index in [1.807, 2.05) is 0 Å². The van der Waals surface area contributed by atoms with Gasteiger partial charge in [-0.3, -0.25) is 14.5 Å². The van der Waals surface area contributed by atoms with Gasteiger partial charge in [0.15, 0.2) is 11.5 Å². The zero-order valence-corrected chi connectivity index (χ0v) is 16.6. The number of anilines is 2. The van der Waals surface area contributed by atoms with Crippen molar-refractivity contribution in [2.75, 3.05) is 24.3 Å². The van der Waals surface area contributed by atoms with E-state index in [4.69, 9.17) is 9.47 Å². The Balaban J connectivity index is 1.73. The SMILES string of the molecule is COc1ccc(C(=O)Nc2ccc(S(=O)(=O)Nc3cccnc3)cc2)cc1OC. The number of nitrogens with zero attached hydrogens (tertiary/aromatic N) is 1. The maximum atomic E-state index is 12.5. The van der Waals surface area contributed by atoms with Crippen LogP contribution in [0, 0.1) is 0 Å². The molecule has 1 aromatic heterocycles. The average Bonchev–Trinajstić information content (AvgIpc) is 2.74. The molecule has 8 nitrogen and oxygen atoms in total. The normalized spacial score (nSPS) is 10.8. The lowest BCUT2D eigenvalue weighted by Crippen LogP contribution is -2.14. The van der Waals surface area contributed by atoms with E-state index in [0.29, 0.717) is 28.4 Å². The molecule has 0 fully saturated rings. The summed E-state index contributed by atoms with van der Waals surface area (Å²) in [5.41, 5.74) is 1.18. The molecule has 1 amide bonds. The molecule has 0 unspecified atom stereocenters. The predicted octanol–water partition coefficient (Wildman–Crippen LogP) is 3.15. The van der Waals surface area contributed by atoms with Gasteiger partial charge in [0, 0.05) is 17.4 Å². The van der Waals surface area contributed by atoms with E-state index in [9.17, 15) is 13.2 Å². The molecular weight excluding hydrogens is 394 g/mol. The highest BCUT2D eigenvalue weighted by Crippen LogP contribution is 2.28. The first-order valence-corrected chi connectivity index (χ1v) is 9.97. The Hall–Kier alpha value is -3.59. The van der Waals surface area contributed by atoms with Gasteiger partial charge >= 0.3 is 0 Å². The summed E-state index contributed by atoms with van der Waals surface area (Å²) in [6.45, 7) is 0. The zero-order chi connectivity index (χ0) is 20.9. The Morgan fingerprint density at radius 2 is 1.66 bits per heavy atom. The summed E-state index contributed by atoms with van der Waals surface area (Å²) in [6.07, 6.45) is 2.96. The smallest absolute Gasteiger partial charge is 0.261 e. The molecule has 0 atom stereocenters. The fourth-order valence-corrected chi connectivity index (χ4v) is 3.58. The number of sulfonamides is 1. The van der Waals surface area contributed by atoms with Gasteiger partial charge in [-0.05, 0) is 54.6 Å². The van der Waals surface area contributed by atoms with E-state index in [0.717, 1.165) is 0 Å². The van der Waals surface area contributed by atoms with E-state index in [-0.39, 0.29) is 10.8 Å². The Labute approximate surface area is 168 Å². The van der Waals surface area contributed by atoms with Gasteiger partial charge in [-0.25, -0.2) is 8.42 Å². The summed E-state index contributed by atoms with van der Waals surface area (Å²) in [5, 5.41) is 2.71. The van der Waals surface area contributed by atoms with Crippen molar-refractivity contribution in [3.63, 3.8) is 0 Å². The third-order valence-electron chi connectivity index (χ3n) is 3.98. The summed E-state index contributed by atoms with van der Waals surface area (Å²) in [6, 6.07) is 13.9. The monoisotopic (exact) mass is 413 g/mol. The summed E-state index contributed by atoms with van der Waals surface area (Å²) < 4.78 is 37.7. The number of carbonyl (C=O) groups is 1. The third kappa shape index (κ3) is 4.82. The molecule has 2 N–H and O–H groups in total. The highest BCUT2D eigenvalue weighted by molar-refractivity contribution is 7.92. The van der Waals surface area contributed by atoms with Crippen LogP contribution in [-0.2, 0) is 10.0 Å². The topological polar surface area (TPSA) is 107 Å². The second kappa shape index (κ2) is 8.61. The van der Waals surface area contributed by atoms with E-state index in [1.54, 1.807) is 36.5 Å². The minimum absolute atomic E-state index is 0.0606. The van der Waals surface area contributed by atoms with Crippen molar-refractivity contribution < 1.29 is 22.7 Å². The molecule has 0 bridgehead atoms. The molecule has 0 aliphatic rings. The molecule has 2 aromatic carbocycles. The molecule has 9 heteroatoms. The van der Waals surface area contributed by atoms with Gasteiger partial charge in [-0.1, -0.05) is 0 Å². The summed E-state index contributed by atoms with van der Waals surface area (Å²) in [4.78, 5) is 16.4. The Bertz CT molecular complexity index is 1100. The Morgan fingerprint density at radius 3 is 2.28 bits per heavy atom. The predicted molar refractivity (Wildman–Crippen MR) is 109 cm³/mol. The van der Waals surface area contributed by atoms with E-state index < -0.39 is 10.0 Å². The lowest BCUT2D eigenvalue weighted by Gasteiger charge is -2.11. The van der Waals surface area contributed by atoms with Crippen molar-refractivity contribution in [2.24, 2.45) is 0 Å². The van der Waals surface area contributed by atoms with Crippen molar-refractivity contribution in [2.45, 2.75) is 4.90 Å². The Morgan fingerprint density at radius 1 is 0.931 bits per heavy atom. The van der Waals surface area contributed by atoms with Crippen molar-refractivity contribution in [1.82, 2.24) is 4.98 Å². The van der Waals surface area contributed by atoms with Crippen molar-refractivity contribution in [1.29, 1.82) is 0 Å². The second-order valence-corrected chi connectivity index (χ2v) is 7.58. The molecule has 0 saturated carbocycles. The number of methoxy groups -OCH3 is 2. The van der Waals surface area contributed by atoms with Crippen LogP contribution in [0.2, 0.25) is 0 Å². The maximum Gasteiger partial charge on any atom is 0.261 e. The highest BCUT2D eigenvalue weighted by Gasteiger charge is 2.15. The van der Waals surface area contributed by atoms with Crippen molar-refractivity contribution in [3.8, 4) is 11.5 Å². The molecular formula is C20H19N3O5S. The van der Waals surface area contributed by atoms with E-state index in [1.165, 1.54) is 44.7 Å². The quantitative estimate of drug-likeness (QED) is 0.616. The summed E-state index contributed by atoms with van der Waals surface area (Å²) in [5.74, 6) is 0.581. The van der Waals surface area contributed by atoms with Gasteiger partial charge in [0.2, 0.25) is 0 Å². The first-order chi connectivity index (χ1) is 13.9. The van der Waals surface area contributed by atoms with Crippen LogP contribution < -0.4 is 19.5 Å². The lowest BCUT2D eigenvalue weighted by molar-refractivity contribution is 0.102. The van der Waals surface area contributed by atoms with Crippen LogP contribution in [0.3, 0.4) is 0 Å². The maximum absolute atomic E-state index is 12.5. The minimum Gasteiger partial charge on any atom is -0.493 e. The zero-order valence-electron chi connectivity index (χ0n) is 15.7. The molecule has 29 heavy (non-hydrogen) atoms. The third-order valence-corrected chi connectivity index (χ3v) is 5.38. The number of aromatic nitrogens is 1. The van der Waals surface area contributed by atoms with Crippen LogP contribution in [0.15, 0.2) is 71.9 Å². The van der Waals surface area contributed by atoms with Gasteiger partial charge < -0.3 is 14.8 Å². The molecule has 0 aliphatic carbocycles. The Kier molecular flexibility index (Phi) is 5.99. The van der Waals surface area contributed by atoms with Crippen LogP contribution in [0.5, 0.6) is 11.5 Å². The van der Waals surface area contributed by atoms with Crippen LogP contribution in [0.25, 0.3) is 0 Å². The number of ether oxygens (including phenoxy) is 2. The van der Waals surface area contributed by atoms with Gasteiger partial charge in [0.25, 0.3) is 15.9 Å². The van der Waals surface area contributed by atoms with Crippen LogP contribution in [0.1, 0.15) is 10.4 Å². The number of nitrogens with one attached hydrogen (secondary N) is 2. The van der Waals surface area contributed by atoms with Crippen molar-refractivity contribution in [3.05, 3.63) is 72.6 Å². The molecule has 0 saturated heterocycles. The number of carbonyl (C=O) groups excluding carboxylic acids is 1. The molecule has 0 aliphatic heterocycles. The van der Waals surface area contributed by atoms with Gasteiger partial charge in [-0.15, -0.1) is 0 Å².